The second-order valence-electron chi connectivity index (χ2n) is 10.3. The molecule has 1 aliphatic rings. The lowest BCUT2D eigenvalue weighted by Crippen LogP contribution is -2.45. The summed E-state index contributed by atoms with van der Waals surface area (Å²) in [4.78, 5) is 15.0. The number of hydrogen-bond donors (Lipinski definition) is 2. The number of nitrogens with zero attached hydrogens (tertiary/aromatic N) is 3. The highest BCUT2D eigenvalue weighted by atomic mass is 35.5. The molecule has 3 heterocycles. The molecular weight excluding hydrogens is 682 g/mol. The average Bonchev–Trinajstić information content (AvgIpc) is 3.63. The predicted molar refractivity (Wildman–Crippen MR) is 173 cm³/mol. The van der Waals surface area contributed by atoms with Crippen LogP contribution >= 0.6 is 34.5 Å². The molecule has 15 heteroatoms. The lowest BCUT2D eigenvalue weighted by atomic mass is 10.1. The van der Waals surface area contributed by atoms with Gasteiger partial charge in [0.1, 0.15) is 0 Å². The number of aromatic nitrogens is 2. The van der Waals surface area contributed by atoms with Gasteiger partial charge < -0.3 is 9.87 Å². The minimum Gasteiger partial charge on any atom is -0.772 e. The largest absolute Gasteiger partial charge is 0.772 e. The monoisotopic (exact) mass is 708 g/mol. The summed E-state index contributed by atoms with van der Waals surface area (Å²) in [5.74, 6) is 5.35. The van der Waals surface area contributed by atoms with Crippen molar-refractivity contribution in [1.82, 2.24) is 25.5 Å². The van der Waals surface area contributed by atoms with Gasteiger partial charge in [-0.15, -0.1) is 11.3 Å². The van der Waals surface area contributed by atoms with Crippen molar-refractivity contribution in [1.29, 1.82) is 0 Å². The molecule has 5 rings (SSSR count). The molecule has 4 aromatic rings. The number of piperidine rings is 1. The van der Waals surface area contributed by atoms with E-state index in [1.165, 1.54) is 23.5 Å². The van der Waals surface area contributed by atoms with Gasteiger partial charge in [0.2, 0.25) is 0 Å². The Morgan fingerprint density at radius 3 is 2.46 bits per heavy atom. The van der Waals surface area contributed by atoms with Crippen LogP contribution in [0.15, 0.2) is 54.6 Å². The van der Waals surface area contributed by atoms with Crippen molar-refractivity contribution in [3.8, 4) is 28.1 Å². The molecular formula is C31H27Cl2F3N5O3S2-. The first-order chi connectivity index (χ1) is 22.0. The first kappa shape index (κ1) is 34.1. The number of hydrazine groups is 1. The van der Waals surface area contributed by atoms with Crippen LogP contribution in [0.2, 0.25) is 10.0 Å². The number of alkyl halides is 3. The Hall–Kier alpha value is -3.22. The van der Waals surface area contributed by atoms with Crippen LogP contribution in [0.5, 0.6) is 0 Å². The van der Waals surface area contributed by atoms with Crippen molar-refractivity contribution in [2.45, 2.75) is 32.0 Å². The van der Waals surface area contributed by atoms with Gasteiger partial charge in [0, 0.05) is 48.1 Å². The summed E-state index contributed by atoms with van der Waals surface area (Å²) in [6.07, 6.45) is -1.45. The van der Waals surface area contributed by atoms with Crippen LogP contribution < -0.4 is 10.7 Å². The summed E-state index contributed by atoms with van der Waals surface area (Å²) in [6.45, 7) is 1.67. The Labute approximate surface area is 280 Å². The van der Waals surface area contributed by atoms with E-state index in [9.17, 15) is 26.7 Å². The number of thiophene rings is 1. The smallest absolute Gasteiger partial charge is 0.416 e. The van der Waals surface area contributed by atoms with Crippen molar-refractivity contribution in [3.05, 3.63) is 91.9 Å². The second kappa shape index (κ2) is 15.1. The Morgan fingerprint density at radius 2 is 1.78 bits per heavy atom. The molecule has 2 N–H and O–H groups in total. The Kier molecular flexibility index (Phi) is 11.2. The van der Waals surface area contributed by atoms with Crippen LogP contribution in [0.1, 0.15) is 51.3 Å². The molecule has 1 amide bonds. The van der Waals surface area contributed by atoms with Gasteiger partial charge in [0.05, 0.1) is 31.7 Å². The highest BCUT2D eigenvalue weighted by Crippen LogP contribution is 2.37. The van der Waals surface area contributed by atoms with Gasteiger partial charge in [-0.25, -0.2) is 9.69 Å². The highest BCUT2D eigenvalue weighted by Gasteiger charge is 2.30. The average molecular weight is 710 g/mol. The number of carbonyl (C=O) groups is 1. The number of nitrogens with one attached hydrogen (secondary N) is 2. The third kappa shape index (κ3) is 8.57. The van der Waals surface area contributed by atoms with Crippen LogP contribution in [-0.2, 0) is 23.8 Å². The molecule has 0 aliphatic carbocycles. The van der Waals surface area contributed by atoms with Crippen LogP contribution in [0, 0.1) is 11.8 Å². The number of rotatable bonds is 9. The van der Waals surface area contributed by atoms with Gasteiger partial charge in [0.25, 0.3) is 5.91 Å². The molecule has 1 atom stereocenters. The quantitative estimate of drug-likeness (QED) is 0.118. The van der Waals surface area contributed by atoms with E-state index < -0.39 is 28.7 Å². The van der Waals surface area contributed by atoms with Gasteiger partial charge in [-0.05, 0) is 67.4 Å². The summed E-state index contributed by atoms with van der Waals surface area (Å²) in [5.41, 5.74) is 4.27. The number of hydrogen-bond acceptors (Lipinski definition) is 7. The molecule has 1 saturated heterocycles. The van der Waals surface area contributed by atoms with Crippen molar-refractivity contribution in [2.75, 3.05) is 25.4 Å². The van der Waals surface area contributed by atoms with Gasteiger partial charge >= 0.3 is 6.18 Å². The lowest BCUT2D eigenvalue weighted by molar-refractivity contribution is -0.137. The molecule has 242 valence electrons. The summed E-state index contributed by atoms with van der Waals surface area (Å²) in [5, 5.41) is 10.4. The first-order valence-electron chi connectivity index (χ1n) is 14.2. The van der Waals surface area contributed by atoms with Crippen molar-refractivity contribution >= 4 is 51.5 Å². The van der Waals surface area contributed by atoms with E-state index in [2.05, 4.69) is 22.6 Å². The summed E-state index contributed by atoms with van der Waals surface area (Å²) >= 11 is 11.8. The molecule has 8 nitrogen and oxygen atoms in total. The maximum Gasteiger partial charge on any atom is 0.416 e. The standard InChI is InChI=1S/C31H28Cl2F3N5O3S2/c32-22-9-12-26(25(33)18-22)41-29(27-13-11-23(45-27)10-6-20-4-7-21(8-5-20)31(34,35)36)24(19-37-14-17-46(43)44)28(38-41)30(42)39-40-15-2-1-3-16-40/h4-5,7-9,11-13,18,37H,1-3,14-17,19H2,(H,39,42)(H,43,44)/p-1. The van der Waals surface area contributed by atoms with Gasteiger partial charge in [-0.1, -0.05) is 52.5 Å². The van der Waals surface area contributed by atoms with E-state index in [-0.39, 0.29) is 24.5 Å². The van der Waals surface area contributed by atoms with Gasteiger partial charge in [-0.3, -0.25) is 14.4 Å². The fraction of sp³-hybridized carbons (Fsp3) is 0.290. The molecule has 0 saturated carbocycles. The molecule has 0 bridgehead atoms. The zero-order valence-corrected chi connectivity index (χ0v) is 27.3. The van der Waals surface area contributed by atoms with Crippen molar-refractivity contribution in [3.63, 3.8) is 0 Å². The molecule has 2 aromatic heterocycles. The van der Waals surface area contributed by atoms with E-state index in [1.54, 1.807) is 35.0 Å². The van der Waals surface area contributed by atoms with E-state index in [0.29, 0.717) is 55.4 Å². The minimum absolute atomic E-state index is 0.116. The van der Waals surface area contributed by atoms with Crippen molar-refractivity contribution < 1.29 is 26.7 Å². The fourth-order valence-electron chi connectivity index (χ4n) is 4.86. The highest BCUT2D eigenvalue weighted by molar-refractivity contribution is 7.79. The van der Waals surface area contributed by atoms with Gasteiger partial charge in [-0.2, -0.15) is 18.3 Å². The molecule has 0 radical (unpaired) electrons. The fourth-order valence-corrected chi connectivity index (χ4v) is 6.58. The summed E-state index contributed by atoms with van der Waals surface area (Å²) < 4.78 is 62.8. The van der Waals surface area contributed by atoms with Crippen LogP contribution in [0.3, 0.4) is 0 Å². The normalized spacial score (nSPS) is 14.5. The van der Waals surface area contributed by atoms with Gasteiger partial charge in [0.15, 0.2) is 5.69 Å². The zero-order chi connectivity index (χ0) is 32.8. The Balaban J connectivity index is 1.56. The molecule has 0 spiro atoms. The van der Waals surface area contributed by atoms with E-state index >= 15 is 0 Å². The Morgan fingerprint density at radius 1 is 1.04 bits per heavy atom. The number of halogens is 5. The van der Waals surface area contributed by atoms with Crippen LogP contribution in [0.25, 0.3) is 16.3 Å². The summed E-state index contributed by atoms with van der Waals surface area (Å²) in [7, 11) is 0. The maximum atomic E-state index is 13.7. The van der Waals surface area contributed by atoms with E-state index in [1.807, 2.05) is 5.01 Å². The number of amides is 1. The number of carbonyl (C=O) groups excluding carboxylic acids is 1. The maximum absolute atomic E-state index is 13.7. The van der Waals surface area contributed by atoms with Crippen molar-refractivity contribution in [2.24, 2.45) is 0 Å². The minimum atomic E-state index is -4.44. The first-order valence-corrected chi connectivity index (χ1v) is 17.0. The third-order valence-electron chi connectivity index (χ3n) is 7.08. The molecule has 1 fully saturated rings. The number of benzene rings is 2. The molecule has 1 unspecified atom stereocenters. The lowest BCUT2D eigenvalue weighted by Gasteiger charge is -2.26. The zero-order valence-electron chi connectivity index (χ0n) is 24.1. The van der Waals surface area contributed by atoms with Crippen LogP contribution in [0.4, 0.5) is 13.2 Å². The topological polar surface area (TPSA) is 102 Å². The van der Waals surface area contributed by atoms with Crippen LogP contribution in [-0.4, -0.2) is 54.8 Å². The van der Waals surface area contributed by atoms with E-state index in [0.717, 1.165) is 31.4 Å². The second-order valence-corrected chi connectivity index (χ2v) is 13.3. The third-order valence-corrected chi connectivity index (χ3v) is 9.16. The Bertz CT molecular complexity index is 1790. The summed E-state index contributed by atoms with van der Waals surface area (Å²) in [6, 6.07) is 13.1. The predicted octanol–water partition coefficient (Wildman–Crippen LogP) is 6.43. The molecule has 1 aliphatic heterocycles. The van der Waals surface area contributed by atoms with E-state index in [4.69, 9.17) is 28.3 Å². The molecule has 46 heavy (non-hydrogen) atoms. The molecule has 2 aromatic carbocycles. The SMILES string of the molecule is O=C(NN1CCCCC1)c1nn(-c2ccc(Cl)cc2Cl)c(-c2ccc(C#Cc3ccc(C(F)(F)F)cc3)s2)c1CNCCS(=O)[O-].